The molecule has 5 aliphatic heterocycles. The highest BCUT2D eigenvalue weighted by atomic mass is 16.5. The van der Waals surface area contributed by atoms with E-state index in [1.807, 2.05) is 37.3 Å². The highest BCUT2D eigenvalue weighted by Crippen LogP contribution is 2.47. The van der Waals surface area contributed by atoms with Crippen molar-refractivity contribution in [1.29, 1.82) is 0 Å². The van der Waals surface area contributed by atoms with E-state index in [0.29, 0.717) is 12.8 Å². The molecular weight excluding hydrogens is 677 g/mol. The summed E-state index contributed by atoms with van der Waals surface area (Å²) in [4.78, 5) is 39.2. The summed E-state index contributed by atoms with van der Waals surface area (Å²) in [6.45, 7) is 12.6. The Kier molecular flexibility index (Phi) is 9.71. The van der Waals surface area contributed by atoms with Gasteiger partial charge in [-0.25, -0.2) is 19.8 Å². The minimum atomic E-state index is -1.01. The van der Waals surface area contributed by atoms with E-state index in [1.54, 1.807) is 6.08 Å². The van der Waals surface area contributed by atoms with E-state index in [-0.39, 0.29) is 30.0 Å². The van der Waals surface area contributed by atoms with Crippen molar-refractivity contribution >= 4 is 35.1 Å². The van der Waals surface area contributed by atoms with Crippen LogP contribution in [0.2, 0.25) is 0 Å². The lowest BCUT2D eigenvalue weighted by molar-refractivity contribution is -0.141. The van der Waals surface area contributed by atoms with Gasteiger partial charge in [0.15, 0.2) is 0 Å². The van der Waals surface area contributed by atoms with Gasteiger partial charge in [0.25, 0.3) is 0 Å². The maximum Gasteiger partial charge on any atom is 0.328 e. The number of nitrogens with one attached hydrogen (secondary N) is 1. The first-order chi connectivity index (χ1) is 25.9. The van der Waals surface area contributed by atoms with E-state index in [1.165, 1.54) is 7.11 Å². The van der Waals surface area contributed by atoms with E-state index < -0.39 is 5.97 Å². The number of esters is 1. The summed E-state index contributed by atoms with van der Waals surface area (Å²) in [5.41, 5.74) is 16.0. The molecule has 2 atom stereocenters. The van der Waals surface area contributed by atoms with Gasteiger partial charge in [-0.2, -0.15) is 0 Å². The number of carbonyl (C=O) groups is 2. The first kappa shape index (κ1) is 36.4. The van der Waals surface area contributed by atoms with Crippen LogP contribution in [0.3, 0.4) is 0 Å². The average Bonchev–Trinajstić information content (AvgIpc) is 3.92. The third-order valence-electron chi connectivity index (χ3n) is 11.2. The number of allylic oxidation sites excluding steroid dienone is 12. The monoisotopic (exact) mass is 720 g/mol. The molecule has 1 saturated heterocycles. The number of benzene rings is 1. The number of methoxy groups -OCH3 is 1. The molecule has 0 amide bonds. The molecule has 54 heavy (non-hydrogen) atoms. The van der Waals surface area contributed by atoms with Crippen molar-refractivity contribution in [2.45, 2.75) is 73.6 Å². The summed E-state index contributed by atoms with van der Waals surface area (Å²) in [7, 11) is 1.41. The number of aliphatic hydroxyl groups is 1. The number of aliphatic carboxylic acids is 1. The number of hydrogen-bond acceptors (Lipinski definition) is 8. The highest BCUT2D eigenvalue weighted by molar-refractivity contribution is 6.22. The third-order valence-corrected chi connectivity index (χ3v) is 11.2. The molecule has 274 valence electrons. The van der Waals surface area contributed by atoms with E-state index in [4.69, 9.17) is 24.8 Å². The Morgan fingerprint density at radius 2 is 1.63 bits per heavy atom. The molecule has 0 aromatic heterocycles. The second-order valence-corrected chi connectivity index (χ2v) is 14.3. The van der Waals surface area contributed by atoms with Crippen LogP contribution < -0.4 is 5.32 Å². The number of ether oxygens (including phenoxy) is 1. The zero-order valence-electron chi connectivity index (χ0n) is 31.8. The Bertz CT molecular complexity index is 2370. The van der Waals surface area contributed by atoms with Gasteiger partial charge in [-0.15, -0.1) is 0 Å². The quantitative estimate of drug-likeness (QED) is 0.147. The molecule has 0 unspecified atom stereocenters. The largest absolute Gasteiger partial charge is 0.511 e. The minimum absolute atomic E-state index is 0.101. The molecule has 1 fully saturated rings. The van der Waals surface area contributed by atoms with Gasteiger partial charge in [-0.05, 0) is 104 Å². The van der Waals surface area contributed by atoms with Gasteiger partial charge in [0.05, 0.1) is 46.9 Å². The molecule has 1 aliphatic carbocycles. The van der Waals surface area contributed by atoms with Crippen molar-refractivity contribution in [3.8, 4) is 11.8 Å². The molecule has 7 rings (SSSR count). The molecular formula is C45H44N4O5. The minimum Gasteiger partial charge on any atom is -0.511 e. The average molecular weight is 721 g/mol. The first-order valence-corrected chi connectivity index (χ1v) is 18.5. The predicted octanol–water partition coefficient (Wildman–Crippen LogP) is 8.54. The zero-order valence-corrected chi connectivity index (χ0v) is 31.8. The van der Waals surface area contributed by atoms with Crippen LogP contribution in [0.15, 0.2) is 136 Å². The van der Waals surface area contributed by atoms with Gasteiger partial charge in [0.2, 0.25) is 0 Å². The summed E-state index contributed by atoms with van der Waals surface area (Å²) in [6, 6.07) is 7.43. The predicted molar refractivity (Wildman–Crippen MR) is 213 cm³/mol. The topological polar surface area (TPSA) is 133 Å². The molecule has 9 heteroatoms. The fourth-order valence-corrected chi connectivity index (χ4v) is 8.24. The van der Waals surface area contributed by atoms with Gasteiger partial charge in [-0.3, -0.25) is 4.79 Å². The molecule has 1 aromatic carbocycles. The Balaban J connectivity index is 1.48. The van der Waals surface area contributed by atoms with Crippen LogP contribution in [0, 0.1) is 23.7 Å². The first-order valence-electron chi connectivity index (χ1n) is 18.5. The third kappa shape index (κ3) is 6.36. The molecule has 6 aliphatic rings. The van der Waals surface area contributed by atoms with E-state index in [0.717, 1.165) is 120 Å². The molecule has 9 nitrogen and oxygen atoms in total. The van der Waals surface area contributed by atoms with Crippen LogP contribution in [0.5, 0.6) is 0 Å². The standard InChI is InChI=1S/C45H44N4O5/c1-8-29-23(3)34-21-37-30(9-2)24(4)42(48-37)32(16-14-27-10-12-28(13-11-27)15-18-39(51)52)43-25(5)31(17-19-40(53)54-7)44(49-43)33-20-38(50)41-26(6)35(47-45(33)41)22-36(29)46-34/h10-13,15,18,21-22,25,31,49-50H,8-9,17,19-20H2,1-7H3,(H,51,52)/b18-15+,36-22?,37-21?,43-32?,44-33?/t25-,31-/m0/s1. The molecule has 5 heterocycles. The van der Waals surface area contributed by atoms with Crippen LogP contribution in [0.4, 0.5) is 0 Å². The molecule has 0 saturated carbocycles. The second-order valence-electron chi connectivity index (χ2n) is 14.3. The lowest BCUT2D eigenvalue weighted by Gasteiger charge is -2.17. The molecule has 0 radical (unpaired) electrons. The van der Waals surface area contributed by atoms with Crippen molar-refractivity contribution < 1.29 is 24.5 Å². The number of nitrogens with zero attached hydrogens (tertiary/aromatic N) is 3. The maximum absolute atomic E-state index is 12.5. The summed E-state index contributed by atoms with van der Waals surface area (Å²) >= 11 is 0. The number of rotatable bonds is 7. The van der Waals surface area contributed by atoms with Crippen molar-refractivity contribution in [3.63, 3.8) is 0 Å². The number of hydrogen-bond donors (Lipinski definition) is 3. The van der Waals surface area contributed by atoms with E-state index >= 15 is 0 Å². The number of carbonyl (C=O) groups excluding carboxylic acids is 1. The van der Waals surface area contributed by atoms with E-state index in [2.05, 4.69) is 57.9 Å². The maximum atomic E-state index is 12.5. The molecule has 8 bridgehead atoms. The number of aliphatic hydroxyl groups excluding tert-OH is 1. The molecule has 0 spiro atoms. The molecule has 1 aromatic rings. The number of carboxylic acids is 1. The van der Waals surface area contributed by atoms with Crippen molar-refractivity contribution in [3.05, 3.63) is 132 Å². The lowest BCUT2D eigenvalue weighted by Crippen LogP contribution is -2.16. The van der Waals surface area contributed by atoms with Crippen molar-refractivity contribution in [1.82, 2.24) is 5.32 Å². The van der Waals surface area contributed by atoms with Crippen molar-refractivity contribution in [2.24, 2.45) is 26.8 Å². The highest BCUT2D eigenvalue weighted by Gasteiger charge is 2.42. The van der Waals surface area contributed by atoms with Gasteiger partial charge >= 0.3 is 11.9 Å². The van der Waals surface area contributed by atoms with Crippen LogP contribution >= 0.6 is 0 Å². The van der Waals surface area contributed by atoms with Gasteiger partial charge in [-0.1, -0.05) is 44.7 Å². The van der Waals surface area contributed by atoms with Crippen molar-refractivity contribution in [2.75, 3.05) is 7.11 Å². The Morgan fingerprint density at radius 3 is 2.31 bits per heavy atom. The van der Waals surface area contributed by atoms with E-state index in [9.17, 15) is 14.7 Å². The summed E-state index contributed by atoms with van der Waals surface area (Å²) in [5.74, 6) is 5.66. The summed E-state index contributed by atoms with van der Waals surface area (Å²) < 4.78 is 5.07. The fourth-order valence-electron chi connectivity index (χ4n) is 8.24. The van der Waals surface area contributed by atoms with Gasteiger partial charge in [0, 0.05) is 58.9 Å². The van der Waals surface area contributed by atoms with Crippen LogP contribution in [-0.4, -0.2) is 46.4 Å². The number of carboxylic acid groups (broad SMARTS) is 1. The second kappa shape index (κ2) is 14.4. The smallest absolute Gasteiger partial charge is 0.328 e. The lowest BCUT2D eigenvalue weighted by atomic mass is 9.84. The fraction of sp³-hybridized carbons (Fsp3) is 0.311. The van der Waals surface area contributed by atoms with Crippen LogP contribution in [-0.2, 0) is 14.3 Å². The number of aliphatic imine (C=N–C) groups is 3. The Labute approximate surface area is 316 Å². The zero-order chi connectivity index (χ0) is 38.4. The van der Waals surface area contributed by atoms with Crippen LogP contribution in [0.25, 0.3) is 6.08 Å². The SMILES string of the molecule is CCC1=C(C)C2=NC1=CC1=C(C)C3=C(O)CC(=C4NC(=C(C#Cc5ccc(/C=C/C(=O)O)cc5)C5=NC(=C2)C(CC)=C5C)[C@@H](C)[C@@H]4CCC(=O)OC)C3=N1. The Morgan fingerprint density at radius 1 is 0.926 bits per heavy atom. The molecule has 3 N–H and O–H groups in total. The normalized spacial score (nSPS) is 21.8. The van der Waals surface area contributed by atoms with Crippen LogP contribution in [0.1, 0.15) is 84.8 Å². The number of fused-ring (bicyclic) bond motifs is 5. The Hall–Kier alpha value is -6.01. The summed E-state index contributed by atoms with van der Waals surface area (Å²) in [5, 5.41) is 24.3. The van der Waals surface area contributed by atoms with Gasteiger partial charge < -0.3 is 20.3 Å². The van der Waals surface area contributed by atoms with Gasteiger partial charge in [0.1, 0.15) is 5.76 Å². The summed E-state index contributed by atoms with van der Waals surface area (Å²) in [6.07, 6.45) is 9.43.